The zero-order valence-corrected chi connectivity index (χ0v) is 23.2. The summed E-state index contributed by atoms with van der Waals surface area (Å²) in [7, 11) is 0. The van der Waals surface area contributed by atoms with E-state index in [0.29, 0.717) is 23.6 Å². The minimum atomic E-state index is -0.644. The SMILES string of the molecule is CC.C[C@H](Cc1ccc(Oc2ccc(C(N)=O)cc2)cc1)NCC(O)COc1cccc2[nH]c3ccccc3c12. The number of benzene rings is 4. The second-order valence-corrected chi connectivity index (χ2v) is 9.46. The molecule has 1 unspecified atom stereocenters. The number of amides is 1. The summed E-state index contributed by atoms with van der Waals surface area (Å²) in [6, 6.07) is 28.8. The van der Waals surface area contributed by atoms with E-state index < -0.39 is 12.0 Å². The lowest BCUT2D eigenvalue weighted by molar-refractivity contribution is 0.1000. The fourth-order valence-electron chi connectivity index (χ4n) is 4.51. The Morgan fingerprint density at radius 2 is 1.55 bits per heavy atom. The van der Waals surface area contributed by atoms with Gasteiger partial charge in [-0.25, -0.2) is 0 Å². The van der Waals surface area contributed by atoms with E-state index in [0.717, 1.165) is 39.5 Å². The molecule has 0 bridgehead atoms. The van der Waals surface area contributed by atoms with Crippen molar-refractivity contribution in [1.29, 1.82) is 0 Å². The molecular formula is C33H37N3O4. The van der Waals surface area contributed by atoms with Gasteiger partial charge in [0.05, 0.1) is 5.52 Å². The number of para-hydroxylation sites is 1. The molecule has 4 aromatic carbocycles. The number of primary amides is 1. The third-order valence-corrected chi connectivity index (χ3v) is 6.46. The van der Waals surface area contributed by atoms with Gasteiger partial charge in [-0.1, -0.05) is 50.2 Å². The molecule has 7 heteroatoms. The molecule has 1 amide bonds. The van der Waals surface area contributed by atoms with Crippen LogP contribution in [0.15, 0.2) is 91.0 Å². The third-order valence-electron chi connectivity index (χ3n) is 6.46. The first-order chi connectivity index (χ1) is 19.5. The van der Waals surface area contributed by atoms with E-state index >= 15 is 0 Å². The molecule has 0 spiro atoms. The molecule has 0 aliphatic heterocycles. The van der Waals surface area contributed by atoms with Crippen molar-refractivity contribution in [2.45, 2.75) is 39.3 Å². The topological polar surface area (TPSA) is 110 Å². The summed E-state index contributed by atoms with van der Waals surface area (Å²) < 4.78 is 11.9. The van der Waals surface area contributed by atoms with Crippen LogP contribution in [-0.4, -0.2) is 41.3 Å². The summed E-state index contributed by atoms with van der Waals surface area (Å²) >= 11 is 0. The summed E-state index contributed by atoms with van der Waals surface area (Å²) in [4.78, 5) is 14.6. The van der Waals surface area contributed by atoms with Crippen LogP contribution in [-0.2, 0) is 6.42 Å². The molecule has 0 aliphatic carbocycles. The van der Waals surface area contributed by atoms with Crippen molar-refractivity contribution < 1.29 is 19.4 Å². The van der Waals surface area contributed by atoms with E-state index in [-0.39, 0.29) is 12.6 Å². The molecule has 7 nitrogen and oxygen atoms in total. The number of nitrogens with one attached hydrogen (secondary N) is 2. The Morgan fingerprint density at radius 1 is 0.900 bits per heavy atom. The van der Waals surface area contributed by atoms with E-state index in [1.807, 2.05) is 74.5 Å². The quantitative estimate of drug-likeness (QED) is 0.160. The van der Waals surface area contributed by atoms with Gasteiger partial charge in [0.15, 0.2) is 0 Å². The molecule has 1 aromatic heterocycles. The first kappa shape index (κ1) is 28.7. The molecule has 0 saturated carbocycles. The molecule has 5 rings (SSSR count). The van der Waals surface area contributed by atoms with Crippen LogP contribution in [0.3, 0.4) is 0 Å². The Labute approximate surface area is 234 Å². The highest BCUT2D eigenvalue weighted by Gasteiger charge is 2.13. The van der Waals surface area contributed by atoms with Gasteiger partial charge in [0, 0.05) is 34.4 Å². The summed E-state index contributed by atoms with van der Waals surface area (Å²) in [6.45, 7) is 6.71. The van der Waals surface area contributed by atoms with Gasteiger partial charge in [-0.05, 0) is 73.5 Å². The van der Waals surface area contributed by atoms with Crippen LogP contribution in [0.5, 0.6) is 17.2 Å². The minimum absolute atomic E-state index is 0.162. The molecule has 208 valence electrons. The van der Waals surface area contributed by atoms with Gasteiger partial charge in [0.2, 0.25) is 5.91 Å². The summed E-state index contributed by atoms with van der Waals surface area (Å²) in [5.41, 5.74) is 8.95. The molecule has 0 fully saturated rings. The van der Waals surface area contributed by atoms with E-state index in [2.05, 4.69) is 23.3 Å². The number of nitrogens with two attached hydrogens (primary N) is 1. The Hall–Kier alpha value is -4.33. The number of fused-ring (bicyclic) bond motifs is 3. The van der Waals surface area contributed by atoms with Gasteiger partial charge < -0.3 is 30.6 Å². The number of aromatic nitrogens is 1. The number of carbonyl (C=O) groups is 1. The Balaban J connectivity index is 0.00000181. The van der Waals surface area contributed by atoms with E-state index in [1.165, 1.54) is 0 Å². The van der Waals surface area contributed by atoms with Crippen LogP contribution in [0.1, 0.15) is 36.7 Å². The van der Waals surface area contributed by atoms with Crippen molar-refractivity contribution in [1.82, 2.24) is 10.3 Å². The highest BCUT2D eigenvalue weighted by Crippen LogP contribution is 2.33. The van der Waals surface area contributed by atoms with Crippen molar-refractivity contribution in [3.8, 4) is 17.2 Å². The number of rotatable bonds is 11. The number of H-pyrrole nitrogens is 1. The number of hydrogen-bond acceptors (Lipinski definition) is 5. The van der Waals surface area contributed by atoms with Gasteiger partial charge in [-0.3, -0.25) is 4.79 Å². The maximum Gasteiger partial charge on any atom is 0.248 e. The van der Waals surface area contributed by atoms with Gasteiger partial charge in [-0.2, -0.15) is 0 Å². The predicted molar refractivity (Wildman–Crippen MR) is 161 cm³/mol. The second kappa shape index (κ2) is 13.6. The maximum atomic E-state index is 11.2. The van der Waals surface area contributed by atoms with Gasteiger partial charge in [0.1, 0.15) is 30.0 Å². The van der Waals surface area contributed by atoms with Crippen molar-refractivity contribution in [3.63, 3.8) is 0 Å². The number of aliphatic hydroxyl groups excluding tert-OH is 1. The number of carbonyl (C=O) groups excluding carboxylic acids is 1. The average molecular weight is 540 g/mol. The third kappa shape index (κ3) is 7.20. The lowest BCUT2D eigenvalue weighted by Crippen LogP contribution is -2.37. The van der Waals surface area contributed by atoms with E-state index in [9.17, 15) is 9.90 Å². The van der Waals surface area contributed by atoms with Gasteiger partial charge in [-0.15, -0.1) is 0 Å². The summed E-state index contributed by atoms with van der Waals surface area (Å²) in [6.07, 6.45) is 0.158. The Bertz CT molecular complexity index is 1530. The van der Waals surface area contributed by atoms with Crippen LogP contribution in [0, 0.1) is 0 Å². The van der Waals surface area contributed by atoms with Crippen molar-refractivity contribution in [2.24, 2.45) is 5.73 Å². The van der Waals surface area contributed by atoms with E-state index in [4.69, 9.17) is 15.2 Å². The van der Waals surface area contributed by atoms with Gasteiger partial charge in [0.25, 0.3) is 0 Å². The van der Waals surface area contributed by atoms with Crippen LogP contribution in [0.4, 0.5) is 0 Å². The van der Waals surface area contributed by atoms with Crippen LogP contribution in [0.25, 0.3) is 21.8 Å². The first-order valence-electron chi connectivity index (χ1n) is 13.7. The zero-order valence-electron chi connectivity index (χ0n) is 23.2. The fourth-order valence-corrected chi connectivity index (χ4v) is 4.51. The van der Waals surface area contributed by atoms with Crippen molar-refractivity contribution >= 4 is 27.7 Å². The predicted octanol–water partition coefficient (Wildman–Crippen LogP) is 6.20. The van der Waals surface area contributed by atoms with Crippen LogP contribution >= 0.6 is 0 Å². The lowest BCUT2D eigenvalue weighted by atomic mass is 10.1. The lowest BCUT2D eigenvalue weighted by Gasteiger charge is -2.18. The zero-order chi connectivity index (χ0) is 28.5. The Morgan fingerprint density at radius 3 is 2.25 bits per heavy atom. The normalized spacial score (nSPS) is 12.4. The van der Waals surface area contributed by atoms with E-state index in [1.54, 1.807) is 24.3 Å². The molecule has 0 radical (unpaired) electrons. The summed E-state index contributed by atoms with van der Waals surface area (Å²) in [5.74, 6) is 1.64. The first-order valence-corrected chi connectivity index (χ1v) is 13.7. The molecule has 5 aromatic rings. The van der Waals surface area contributed by atoms with Crippen molar-refractivity contribution in [2.75, 3.05) is 13.2 Å². The number of ether oxygens (including phenoxy) is 2. The molecule has 2 atom stereocenters. The maximum absolute atomic E-state index is 11.2. The highest BCUT2D eigenvalue weighted by atomic mass is 16.5. The molecule has 40 heavy (non-hydrogen) atoms. The van der Waals surface area contributed by atoms with Crippen LogP contribution < -0.4 is 20.5 Å². The molecule has 5 N–H and O–H groups in total. The van der Waals surface area contributed by atoms with Crippen LogP contribution in [0.2, 0.25) is 0 Å². The molecular weight excluding hydrogens is 502 g/mol. The summed E-state index contributed by atoms with van der Waals surface area (Å²) in [5, 5.41) is 16.1. The Kier molecular flexibility index (Phi) is 9.78. The number of hydrogen-bond donors (Lipinski definition) is 4. The smallest absolute Gasteiger partial charge is 0.248 e. The number of aromatic amines is 1. The minimum Gasteiger partial charge on any atom is -0.490 e. The molecule has 0 saturated heterocycles. The molecule has 1 heterocycles. The largest absolute Gasteiger partial charge is 0.490 e. The van der Waals surface area contributed by atoms with Gasteiger partial charge >= 0.3 is 0 Å². The number of aliphatic hydroxyl groups is 1. The average Bonchev–Trinajstić information content (AvgIpc) is 3.37. The van der Waals surface area contributed by atoms with Crippen molar-refractivity contribution in [3.05, 3.63) is 102 Å². The highest BCUT2D eigenvalue weighted by molar-refractivity contribution is 6.10. The molecule has 0 aliphatic rings. The monoisotopic (exact) mass is 539 g/mol. The fraction of sp³-hybridized carbons (Fsp3) is 0.242. The standard InChI is InChI=1S/C31H31N3O4.C2H6/c1-20(17-21-9-13-24(14-10-21)38-25-15-11-22(12-16-25)31(32)36)33-18-23(35)19-37-29-8-4-7-28-30(29)26-5-2-3-6-27(26)34-28;1-2/h2-16,20,23,33-35H,17-19H2,1H3,(H2,32,36);1-2H3/t20-,23?;/m1./s1. The second-order valence-electron chi connectivity index (χ2n) is 9.46.